The second kappa shape index (κ2) is 4.89. The van der Waals surface area contributed by atoms with Crippen LogP contribution in [0.1, 0.15) is 41.0 Å². The van der Waals surface area contributed by atoms with E-state index in [1.165, 1.54) is 6.42 Å². The Balaban J connectivity index is 1.75. The van der Waals surface area contributed by atoms with E-state index < -0.39 is 0 Å². The Morgan fingerprint density at radius 2 is 1.42 bits per heavy atom. The Kier molecular flexibility index (Phi) is 3.51. The molecule has 1 heterocycles. The number of hydrogen-bond acceptors (Lipinski definition) is 2. The van der Waals surface area contributed by atoms with Gasteiger partial charge < -0.3 is 9.47 Å². The highest BCUT2D eigenvalue weighted by Gasteiger charge is 2.51. The van der Waals surface area contributed by atoms with Crippen molar-refractivity contribution < 1.29 is 9.47 Å². The van der Waals surface area contributed by atoms with Crippen LogP contribution in [0.25, 0.3) is 0 Å². The molecule has 2 nitrogen and oxygen atoms in total. The molecule has 0 N–H and O–H groups in total. The van der Waals surface area contributed by atoms with Gasteiger partial charge in [0.2, 0.25) is 0 Å². The van der Waals surface area contributed by atoms with E-state index in [1.807, 2.05) is 0 Å². The number of ether oxygens (including phenoxy) is 2. The highest BCUT2D eigenvalue weighted by Crippen LogP contribution is 2.51. The molecule has 2 fully saturated rings. The minimum atomic E-state index is 0.0229. The average Bonchev–Trinajstić information content (AvgIpc) is 2.99. The molecule has 3 rings (SSSR count). The standard InChI is InChI=1S/C17H28O2/c1-9(2)15-16(10(3)4)19-17(18-15)14-11(5)12-6-7-13(14)8-12/h6-7,9-17H,8H2,1-5H3/t11-,12+,13-,14+,15-,16+,17?/m0/s1. The maximum atomic E-state index is 6.35. The van der Waals surface area contributed by atoms with Gasteiger partial charge in [-0.3, -0.25) is 0 Å². The monoisotopic (exact) mass is 264 g/mol. The molecule has 1 saturated heterocycles. The van der Waals surface area contributed by atoms with Gasteiger partial charge in [-0.05, 0) is 36.0 Å². The van der Waals surface area contributed by atoms with Gasteiger partial charge in [0.05, 0.1) is 12.2 Å². The normalized spacial score (nSPS) is 48.9. The molecular formula is C17H28O2. The van der Waals surface area contributed by atoms with Gasteiger partial charge in [-0.25, -0.2) is 0 Å². The molecule has 0 radical (unpaired) electrons. The van der Waals surface area contributed by atoms with Crippen molar-refractivity contribution in [2.24, 2.45) is 35.5 Å². The third kappa shape index (κ3) is 2.17. The van der Waals surface area contributed by atoms with E-state index in [1.54, 1.807) is 0 Å². The van der Waals surface area contributed by atoms with Crippen molar-refractivity contribution in [3.63, 3.8) is 0 Å². The zero-order chi connectivity index (χ0) is 13.7. The first-order valence-electron chi connectivity index (χ1n) is 7.98. The number of allylic oxidation sites excluding steroid dienone is 2. The maximum absolute atomic E-state index is 6.35. The van der Waals surface area contributed by atoms with Crippen LogP contribution in [0.2, 0.25) is 0 Å². The molecule has 3 aliphatic rings. The second-order valence-corrected chi connectivity index (χ2v) is 7.44. The molecule has 2 bridgehead atoms. The van der Waals surface area contributed by atoms with Gasteiger partial charge in [0, 0.05) is 5.92 Å². The summed E-state index contributed by atoms with van der Waals surface area (Å²) in [4.78, 5) is 0. The molecule has 0 spiro atoms. The quantitative estimate of drug-likeness (QED) is 0.720. The van der Waals surface area contributed by atoms with Crippen LogP contribution in [-0.2, 0) is 9.47 Å². The van der Waals surface area contributed by atoms with Crippen molar-refractivity contribution in [3.8, 4) is 0 Å². The Morgan fingerprint density at radius 3 is 1.84 bits per heavy atom. The predicted molar refractivity (Wildman–Crippen MR) is 76.6 cm³/mol. The van der Waals surface area contributed by atoms with Crippen molar-refractivity contribution in [2.45, 2.75) is 59.5 Å². The molecule has 1 saturated carbocycles. The molecule has 1 unspecified atom stereocenters. The fourth-order valence-electron chi connectivity index (χ4n) is 4.31. The molecular weight excluding hydrogens is 236 g/mol. The zero-order valence-electron chi connectivity index (χ0n) is 12.9. The smallest absolute Gasteiger partial charge is 0.162 e. The molecule has 0 aromatic rings. The minimum absolute atomic E-state index is 0.0229. The molecule has 0 aromatic carbocycles. The van der Waals surface area contributed by atoms with Gasteiger partial charge in [-0.15, -0.1) is 0 Å². The number of fused-ring (bicyclic) bond motifs is 2. The van der Waals surface area contributed by atoms with Gasteiger partial charge in [0.25, 0.3) is 0 Å². The first kappa shape index (κ1) is 13.6. The summed E-state index contributed by atoms with van der Waals surface area (Å²) < 4.78 is 12.7. The van der Waals surface area contributed by atoms with E-state index in [0.29, 0.717) is 29.6 Å². The van der Waals surface area contributed by atoms with E-state index in [0.717, 1.165) is 5.92 Å². The lowest BCUT2D eigenvalue weighted by Crippen LogP contribution is -2.31. The van der Waals surface area contributed by atoms with Crippen LogP contribution in [0, 0.1) is 35.5 Å². The van der Waals surface area contributed by atoms with Gasteiger partial charge in [0.1, 0.15) is 0 Å². The van der Waals surface area contributed by atoms with Crippen LogP contribution < -0.4 is 0 Å². The van der Waals surface area contributed by atoms with Crippen molar-refractivity contribution in [1.29, 1.82) is 0 Å². The summed E-state index contributed by atoms with van der Waals surface area (Å²) >= 11 is 0. The fourth-order valence-corrected chi connectivity index (χ4v) is 4.31. The maximum Gasteiger partial charge on any atom is 0.162 e. The highest BCUT2D eigenvalue weighted by atomic mass is 16.7. The van der Waals surface area contributed by atoms with Crippen LogP contribution in [0.5, 0.6) is 0 Å². The highest BCUT2D eigenvalue weighted by molar-refractivity contribution is 5.13. The lowest BCUT2D eigenvalue weighted by Gasteiger charge is -2.29. The van der Waals surface area contributed by atoms with Gasteiger partial charge >= 0.3 is 0 Å². The van der Waals surface area contributed by atoms with E-state index >= 15 is 0 Å². The first-order chi connectivity index (χ1) is 8.99. The first-order valence-corrected chi connectivity index (χ1v) is 7.98. The SMILES string of the molecule is CC(C)[C@H]1OC([C@@H]2[C@@H](C)[C@@H]3C=C[C@H]2C3)O[C@H]1C(C)C. The summed E-state index contributed by atoms with van der Waals surface area (Å²) in [5, 5.41) is 0. The molecule has 0 amide bonds. The Morgan fingerprint density at radius 1 is 0.895 bits per heavy atom. The second-order valence-electron chi connectivity index (χ2n) is 7.44. The van der Waals surface area contributed by atoms with Crippen molar-refractivity contribution in [3.05, 3.63) is 12.2 Å². The number of rotatable bonds is 3. The van der Waals surface area contributed by atoms with Gasteiger partial charge in [-0.1, -0.05) is 46.8 Å². The predicted octanol–water partition coefficient (Wildman–Crippen LogP) is 3.87. The molecule has 2 aliphatic carbocycles. The topological polar surface area (TPSA) is 18.5 Å². The van der Waals surface area contributed by atoms with Crippen molar-refractivity contribution >= 4 is 0 Å². The lowest BCUT2D eigenvalue weighted by molar-refractivity contribution is -0.126. The Labute approximate surface area is 117 Å². The Bertz CT molecular complexity index is 344. The largest absolute Gasteiger partial charge is 0.346 e. The molecule has 0 aromatic heterocycles. The molecule has 108 valence electrons. The van der Waals surface area contributed by atoms with Crippen LogP contribution in [0.4, 0.5) is 0 Å². The van der Waals surface area contributed by atoms with Crippen LogP contribution in [0.3, 0.4) is 0 Å². The molecule has 1 aliphatic heterocycles. The van der Waals surface area contributed by atoms with E-state index in [2.05, 4.69) is 46.8 Å². The van der Waals surface area contributed by atoms with Gasteiger partial charge in [0.15, 0.2) is 6.29 Å². The van der Waals surface area contributed by atoms with Gasteiger partial charge in [-0.2, -0.15) is 0 Å². The average molecular weight is 264 g/mol. The lowest BCUT2D eigenvalue weighted by atomic mass is 9.84. The number of hydrogen-bond donors (Lipinski definition) is 0. The minimum Gasteiger partial charge on any atom is -0.346 e. The summed E-state index contributed by atoms with van der Waals surface area (Å²) in [5.41, 5.74) is 0. The summed E-state index contributed by atoms with van der Waals surface area (Å²) in [6.07, 6.45) is 6.67. The Hall–Kier alpha value is -0.340. The van der Waals surface area contributed by atoms with E-state index in [4.69, 9.17) is 9.47 Å². The fraction of sp³-hybridized carbons (Fsp3) is 0.882. The van der Waals surface area contributed by atoms with E-state index in [-0.39, 0.29) is 18.5 Å². The third-order valence-corrected chi connectivity index (χ3v) is 5.46. The summed E-state index contributed by atoms with van der Waals surface area (Å²) in [5.74, 6) is 3.78. The summed E-state index contributed by atoms with van der Waals surface area (Å²) in [7, 11) is 0. The summed E-state index contributed by atoms with van der Waals surface area (Å²) in [6, 6.07) is 0. The van der Waals surface area contributed by atoms with Crippen LogP contribution >= 0.6 is 0 Å². The summed E-state index contributed by atoms with van der Waals surface area (Å²) in [6.45, 7) is 11.4. The third-order valence-electron chi connectivity index (χ3n) is 5.46. The van der Waals surface area contributed by atoms with E-state index in [9.17, 15) is 0 Å². The zero-order valence-corrected chi connectivity index (χ0v) is 12.9. The molecule has 19 heavy (non-hydrogen) atoms. The molecule has 7 atom stereocenters. The van der Waals surface area contributed by atoms with Crippen LogP contribution in [-0.4, -0.2) is 18.5 Å². The van der Waals surface area contributed by atoms with Crippen LogP contribution in [0.15, 0.2) is 12.2 Å². The van der Waals surface area contributed by atoms with Crippen molar-refractivity contribution in [1.82, 2.24) is 0 Å². The van der Waals surface area contributed by atoms with Crippen molar-refractivity contribution in [2.75, 3.05) is 0 Å². The molecule has 2 heteroatoms.